The highest BCUT2D eigenvalue weighted by molar-refractivity contribution is 7.11. The minimum absolute atomic E-state index is 0.00954. The van der Waals surface area contributed by atoms with Gasteiger partial charge in [0.05, 0.1) is 6.04 Å². The van der Waals surface area contributed by atoms with Gasteiger partial charge >= 0.3 is 0 Å². The topological polar surface area (TPSA) is 61.0 Å². The Kier molecular flexibility index (Phi) is 3.77. The Morgan fingerprint density at radius 3 is 2.62 bits per heavy atom. The van der Waals surface area contributed by atoms with Gasteiger partial charge in [-0.05, 0) is 13.3 Å². The third-order valence-electron chi connectivity index (χ3n) is 1.91. The third-order valence-corrected chi connectivity index (χ3v) is 3.13. The monoisotopic (exact) mass is 201 g/mol. The minimum Gasteiger partial charge on any atom is -0.374 e. The molecule has 2 N–H and O–H groups in total. The van der Waals surface area contributed by atoms with Crippen LogP contribution in [0.2, 0.25) is 0 Å². The largest absolute Gasteiger partial charge is 0.374 e. The molecule has 0 saturated heterocycles. The normalized spacial score (nSPS) is 15.7. The average Bonchev–Trinajstić information content (AvgIpc) is 2.64. The lowest BCUT2D eigenvalue weighted by Crippen LogP contribution is -2.07. The van der Waals surface area contributed by atoms with E-state index in [4.69, 9.17) is 10.5 Å². The summed E-state index contributed by atoms with van der Waals surface area (Å²) in [5, 5.41) is 9.82. The molecular formula is C8H15N3OS. The zero-order valence-electron chi connectivity index (χ0n) is 8.15. The number of hydrogen-bond acceptors (Lipinski definition) is 5. The maximum atomic E-state index is 5.82. The summed E-state index contributed by atoms with van der Waals surface area (Å²) in [6.45, 7) is 3.98. The Bertz CT molecular complexity index is 239. The fraction of sp³-hybridized carbons (Fsp3) is 0.750. The standard InChI is InChI=1S/C8H15N3OS/c1-4-6(9)8-11-10-7(13-8)5(2)12-3/h5-6H,4,9H2,1-3H3. The average molecular weight is 201 g/mol. The molecule has 0 spiro atoms. The molecule has 0 fully saturated rings. The quantitative estimate of drug-likeness (QED) is 0.804. The Hall–Kier alpha value is -0.520. The zero-order chi connectivity index (χ0) is 9.84. The summed E-state index contributed by atoms with van der Waals surface area (Å²) in [4.78, 5) is 0. The summed E-state index contributed by atoms with van der Waals surface area (Å²) < 4.78 is 5.13. The van der Waals surface area contributed by atoms with Crippen molar-refractivity contribution < 1.29 is 4.74 Å². The van der Waals surface area contributed by atoms with E-state index in [0.29, 0.717) is 0 Å². The van der Waals surface area contributed by atoms with Gasteiger partial charge in [-0.1, -0.05) is 18.3 Å². The predicted octanol–water partition coefficient (Wildman–Crippen LogP) is 1.66. The first-order valence-corrected chi connectivity index (χ1v) is 5.12. The van der Waals surface area contributed by atoms with Crippen LogP contribution in [-0.4, -0.2) is 17.3 Å². The Morgan fingerprint density at radius 1 is 1.46 bits per heavy atom. The maximum absolute atomic E-state index is 5.82. The molecule has 1 heterocycles. The fourth-order valence-electron chi connectivity index (χ4n) is 0.836. The summed E-state index contributed by atoms with van der Waals surface area (Å²) in [7, 11) is 1.66. The molecule has 0 radical (unpaired) electrons. The van der Waals surface area contributed by atoms with Crippen molar-refractivity contribution in [3.8, 4) is 0 Å². The molecule has 1 aromatic heterocycles. The summed E-state index contributed by atoms with van der Waals surface area (Å²) in [5.74, 6) is 0. The highest BCUT2D eigenvalue weighted by Crippen LogP contribution is 2.24. The van der Waals surface area contributed by atoms with Crippen molar-refractivity contribution in [3.63, 3.8) is 0 Å². The van der Waals surface area contributed by atoms with Gasteiger partial charge in [-0.15, -0.1) is 10.2 Å². The van der Waals surface area contributed by atoms with E-state index in [1.54, 1.807) is 7.11 Å². The van der Waals surface area contributed by atoms with Crippen molar-refractivity contribution >= 4 is 11.3 Å². The molecule has 1 aromatic rings. The van der Waals surface area contributed by atoms with E-state index in [1.807, 2.05) is 13.8 Å². The first-order valence-electron chi connectivity index (χ1n) is 4.30. The van der Waals surface area contributed by atoms with Crippen molar-refractivity contribution in [2.75, 3.05) is 7.11 Å². The van der Waals surface area contributed by atoms with Crippen LogP contribution < -0.4 is 5.73 Å². The molecule has 0 amide bonds. The molecule has 0 aliphatic rings. The van der Waals surface area contributed by atoms with E-state index in [0.717, 1.165) is 16.4 Å². The maximum Gasteiger partial charge on any atom is 0.146 e. The molecule has 1 rings (SSSR count). The smallest absolute Gasteiger partial charge is 0.146 e. The van der Waals surface area contributed by atoms with Crippen LogP contribution >= 0.6 is 11.3 Å². The van der Waals surface area contributed by atoms with Crippen LogP contribution in [0.3, 0.4) is 0 Å². The number of hydrogen-bond donors (Lipinski definition) is 1. The number of methoxy groups -OCH3 is 1. The van der Waals surface area contributed by atoms with E-state index < -0.39 is 0 Å². The first-order chi connectivity index (χ1) is 6.19. The van der Waals surface area contributed by atoms with Crippen LogP contribution in [0.4, 0.5) is 0 Å². The summed E-state index contributed by atoms with van der Waals surface area (Å²) in [6.07, 6.45) is 0.894. The lowest BCUT2D eigenvalue weighted by Gasteiger charge is -2.03. The van der Waals surface area contributed by atoms with E-state index in [2.05, 4.69) is 10.2 Å². The molecule has 0 aliphatic heterocycles. The Balaban J connectivity index is 2.74. The van der Waals surface area contributed by atoms with Gasteiger partial charge in [0, 0.05) is 7.11 Å². The molecule has 0 aliphatic carbocycles. The van der Waals surface area contributed by atoms with Crippen molar-refractivity contribution in [3.05, 3.63) is 10.0 Å². The Morgan fingerprint density at radius 2 is 2.08 bits per heavy atom. The van der Waals surface area contributed by atoms with Crippen LogP contribution in [-0.2, 0) is 4.74 Å². The lowest BCUT2D eigenvalue weighted by molar-refractivity contribution is 0.118. The van der Waals surface area contributed by atoms with Crippen molar-refractivity contribution in [2.24, 2.45) is 5.73 Å². The van der Waals surface area contributed by atoms with Gasteiger partial charge in [0.25, 0.3) is 0 Å². The molecule has 74 valence electrons. The third kappa shape index (κ3) is 2.46. The highest BCUT2D eigenvalue weighted by Gasteiger charge is 2.14. The Labute approximate surface area is 82.1 Å². The second-order valence-electron chi connectivity index (χ2n) is 2.87. The number of rotatable bonds is 4. The zero-order valence-corrected chi connectivity index (χ0v) is 8.97. The van der Waals surface area contributed by atoms with Gasteiger partial charge in [-0.2, -0.15) is 0 Å². The van der Waals surface area contributed by atoms with Crippen LogP contribution in [0.25, 0.3) is 0 Å². The van der Waals surface area contributed by atoms with Crippen LogP contribution in [0.15, 0.2) is 0 Å². The summed E-state index contributed by atoms with van der Waals surface area (Å²) in [6, 6.07) is 0.00954. The molecule has 5 heteroatoms. The van der Waals surface area contributed by atoms with Gasteiger partial charge in [-0.25, -0.2) is 0 Å². The SMILES string of the molecule is CCC(N)c1nnc(C(C)OC)s1. The lowest BCUT2D eigenvalue weighted by atomic mass is 10.3. The second kappa shape index (κ2) is 4.64. The van der Waals surface area contributed by atoms with Crippen LogP contribution in [0.1, 0.15) is 42.4 Å². The fourth-order valence-corrected chi connectivity index (χ4v) is 1.79. The number of nitrogens with zero attached hydrogens (tertiary/aromatic N) is 2. The second-order valence-corrected chi connectivity index (χ2v) is 3.91. The van der Waals surface area contributed by atoms with Gasteiger partial charge in [0.2, 0.25) is 0 Å². The van der Waals surface area contributed by atoms with Crippen molar-refractivity contribution in [1.82, 2.24) is 10.2 Å². The summed E-state index contributed by atoms with van der Waals surface area (Å²) >= 11 is 1.53. The van der Waals surface area contributed by atoms with Gasteiger partial charge < -0.3 is 10.5 Å². The minimum atomic E-state index is 0.00954. The van der Waals surface area contributed by atoms with Crippen molar-refractivity contribution in [2.45, 2.75) is 32.4 Å². The molecule has 0 bridgehead atoms. The van der Waals surface area contributed by atoms with Crippen molar-refractivity contribution in [1.29, 1.82) is 0 Å². The van der Waals surface area contributed by atoms with Crippen LogP contribution in [0.5, 0.6) is 0 Å². The molecule has 2 atom stereocenters. The van der Waals surface area contributed by atoms with Crippen LogP contribution in [0, 0.1) is 0 Å². The van der Waals surface area contributed by atoms with E-state index in [-0.39, 0.29) is 12.1 Å². The van der Waals surface area contributed by atoms with E-state index >= 15 is 0 Å². The number of nitrogens with two attached hydrogens (primary N) is 1. The van der Waals surface area contributed by atoms with E-state index in [1.165, 1.54) is 11.3 Å². The molecule has 4 nitrogen and oxygen atoms in total. The summed E-state index contributed by atoms with van der Waals surface area (Å²) in [5.41, 5.74) is 5.82. The highest BCUT2D eigenvalue weighted by atomic mass is 32.1. The molecule has 0 saturated carbocycles. The molecular weight excluding hydrogens is 186 g/mol. The number of aromatic nitrogens is 2. The number of ether oxygens (including phenoxy) is 1. The van der Waals surface area contributed by atoms with E-state index in [9.17, 15) is 0 Å². The van der Waals surface area contributed by atoms with Gasteiger partial charge in [0.15, 0.2) is 0 Å². The molecule has 13 heavy (non-hydrogen) atoms. The molecule has 2 unspecified atom stereocenters. The molecule has 0 aromatic carbocycles. The van der Waals surface area contributed by atoms with Gasteiger partial charge in [-0.3, -0.25) is 0 Å². The first kappa shape index (κ1) is 10.6. The predicted molar refractivity (Wildman–Crippen MR) is 52.6 cm³/mol. The van der Waals surface area contributed by atoms with Gasteiger partial charge in [0.1, 0.15) is 16.1 Å².